The van der Waals surface area contributed by atoms with Crippen molar-refractivity contribution >= 4 is 15.9 Å². The summed E-state index contributed by atoms with van der Waals surface area (Å²) in [6, 6.07) is 4.45. The van der Waals surface area contributed by atoms with E-state index >= 15 is 0 Å². The Labute approximate surface area is 192 Å². The summed E-state index contributed by atoms with van der Waals surface area (Å²) >= 11 is 0. The van der Waals surface area contributed by atoms with E-state index in [-0.39, 0.29) is 29.5 Å². The third-order valence-electron chi connectivity index (χ3n) is 5.57. The minimum Gasteiger partial charge on any atom is -0.490 e. The fourth-order valence-corrected chi connectivity index (χ4v) is 4.88. The maximum Gasteiger partial charge on any atom is 0.345 e. The molecule has 180 valence electrons. The zero-order chi connectivity index (χ0) is 23.3. The number of amides is 1. The number of aryl methyl sites for hydroxylation is 2. The molecule has 0 saturated carbocycles. The molecule has 11 nitrogen and oxygen atoms in total. The molecular weight excluding hydrogens is 450 g/mol. The first kappa shape index (κ1) is 23.3. The van der Waals surface area contributed by atoms with E-state index in [1.54, 1.807) is 10.6 Å². The van der Waals surface area contributed by atoms with Gasteiger partial charge in [0.25, 0.3) is 0 Å². The number of fused-ring (bicyclic) bond motifs is 2. The van der Waals surface area contributed by atoms with Gasteiger partial charge in [-0.3, -0.25) is 9.36 Å². The molecule has 0 unspecified atom stereocenters. The van der Waals surface area contributed by atoms with Crippen LogP contribution in [-0.2, 0) is 34.3 Å². The standard InChI is InChI=1S/C21H29N5O6S/c27-20(22-9-3-12-26-21(28)25-11-2-1-5-19(25)24-26)8-10-23-33(29,30)16-6-7-17-18(15-16)32-14-4-13-31-17/h6-7,15,23H,1-5,8-14H2,(H,22,27). The van der Waals surface area contributed by atoms with Crippen LogP contribution >= 0.6 is 0 Å². The second-order valence-electron chi connectivity index (χ2n) is 8.04. The molecule has 0 bridgehead atoms. The van der Waals surface area contributed by atoms with Crippen molar-refractivity contribution in [2.75, 3.05) is 26.3 Å². The number of nitrogens with one attached hydrogen (secondary N) is 2. The van der Waals surface area contributed by atoms with E-state index < -0.39 is 10.0 Å². The van der Waals surface area contributed by atoms with Crippen LogP contribution in [0, 0.1) is 0 Å². The Hall–Kier alpha value is -2.86. The predicted molar refractivity (Wildman–Crippen MR) is 119 cm³/mol. The van der Waals surface area contributed by atoms with Crippen LogP contribution in [0.4, 0.5) is 0 Å². The normalized spacial score (nSPS) is 15.5. The highest BCUT2D eigenvalue weighted by Gasteiger charge is 2.19. The highest BCUT2D eigenvalue weighted by Crippen LogP contribution is 2.31. The van der Waals surface area contributed by atoms with Gasteiger partial charge < -0.3 is 14.8 Å². The molecular formula is C21H29N5O6S. The Morgan fingerprint density at radius 1 is 1.09 bits per heavy atom. The Morgan fingerprint density at radius 3 is 2.73 bits per heavy atom. The van der Waals surface area contributed by atoms with Crippen molar-refractivity contribution in [3.8, 4) is 11.5 Å². The molecule has 1 amide bonds. The van der Waals surface area contributed by atoms with Crippen LogP contribution in [0.15, 0.2) is 27.9 Å². The van der Waals surface area contributed by atoms with Gasteiger partial charge in [-0.2, -0.15) is 5.10 Å². The van der Waals surface area contributed by atoms with E-state index in [0.717, 1.165) is 31.5 Å². The Kier molecular flexibility index (Phi) is 7.33. The maximum atomic E-state index is 12.5. The molecule has 0 spiro atoms. The average molecular weight is 480 g/mol. The molecule has 4 rings (SSSR count). The van der Waals surface area contributed by atoms with Crippen molar-refractivity contribution in [3.05, 3.63) is 34.5 Å². The number of hydrogen-bond donors (Lipinski definition) is 2. The van der Waals surface area contributed by atoms with Gasteiger partial charge in [-0.05, 0) is 31.4 Å². The number of ether oxygens (including phenoxy) is 2. The predicted octanol–water partition coefficient (Wildman–Crippen LogP) is 0.417. The van der Waals surface area contributed by atoms with Gasteiger partial charge in [-0.25, -0.2) is 22.6 Å². The summed E-state index contributed by atoms with van der Waals surface area (Å²) in [5.41, 5.74) is -0.0970. The third-order valence-corrected chi connectivity index (χ3v) is 7.03. The molecule has 0 atom stereocenters. The Balaban J connectivity index is 1.19. The fourth-order valence-electron chi connectivity index (χ4n) is 3.83. The first-order valence-corrected chi connectivity index (χ1v) is 12.7. The summed E-state index contributed by atoms with van der Waals surface area (Å²) < 4.78 is 41.7. The maximum absolute atomic E-state index is 12.5. The second-order valence-corrected chi connectivity index (χ2v) is 9.81. The van der Waals surface area contributed by atoms with Gasteiger partial charge in [0.05, 0.1) is 18.1 Å². The molecule has 0 radical (unpaired) electrons. The van der Waals surface area contributed by atoms with Crippen LogP contribution in [0.2, 0.25) is 0 Å². The molecule has 0 saturated heterocycles. The largest absolute Gasteiger partial charge is 0.490 e. The van der Waals surface area contributed by atoms with E-state index in [2.05, 4.69) is 15.1 Å². The summed E-state index contributed by atoms with van der Waals surface area (Å²) in [6.45, 7) is 2.47. The van der Waals surface area contributed by atoms with Gasteiger partial charge >= 0.3 is 5.69 Å². The summed E-state index contributed by atoms with van der Waals surface area (Å²) in [5.74, 6) is 1.47. The van der Waals surface area contributed by atoms with Crippen LogP contribution in [0.25, 0.3) is 0 Å². The lowest BCUT2D eigenvalue weighted by atomic mass is 10.2. The number of carbonyl (C=O) groups excluding carboxylic acids is 1. The van der Waals surface area contributed by atoms with Gasteiger partial charge in [-0.1, -0.05) is 0 Å². The monoisotopic (exact) mass is 479 g/mol. The lowest BCUT2D eigenvalue weighted by Crippen LogP contribution is -2.32. The smallest absolute Gasteiger partial charge is 0.345 e. The number of sulfonamides is 1. The zero-order valence-electron chi connectivity index (χ0n) is 18.4. The van der Waals surface area contributed by atoms with Gasteiger partial charge in [-0.15, -0.1) is 0 Å². The quantitative estimate of drug-likeness (QED) is 0.498. The van der Waals surface area contributed by atoms with Crippen LogP contribution in [0.1, 0.15) is 37.9 Å². The number of aromatic nitrogens is 3. The molecule has 2 aromatic rings. The number of carbonyl (C=O) groups is 1. The van der Waals surface area contributed by atoms with Crippen molar-refractivity contribution in [1.82, 2.24) is 24.4 Å². The Morgan fingerprint density at radius 2 is 1.91 bits per heavy atom. The van der Waals surface area contributed by atoms with Gasteiger partial charge in [0.2, 0.25) is 15.9 Å². The first-order valence-electron chi connectivity index (χ1n) is 11.3. The molecule has 3 heterocycles. The molecule has 2 aliphatic heterocycles. The number of hydrogen-bond acceptors (Lipinski definition) is 7. The molecule has 1 aromatic heterocycles. The zero-order valence-corrected chi connectivity index (χ0v) is 19.2. The number of nitrogens with zero attached hydrogens (tertiary/aromatic N) is 3. The molecule has 0 aliphatic carbocycles. The summed E-state index contributed by atoms with van der Waals surface area (Å²) in [7, 11) is -3.78. The van der Waals surface area contributed by atoms with Gasteiger partial charge in [0.1, 0.15) is 5.82 Å². The molecule has 33 heavy (non-hydrogen) atoms. The van der Waals surface area contributed by atoms with E-state index in [1.807, 2.05) is 0 Å². The third kappa shape index (κ3) is 5.74. The number of benzene rings is 1. The topological polar surface area (TPSA) is 134 Å². The summed E-state index contributed by atoms with van der Waals surface area (Å²) in [6.07, 6.45) is 4.15. The van der Waals surface area contributed by atoms with Crippen molar-refractivity contribution in [3.63, 3.8) is 0 Å². The van der Waals surface area contributed by atoms with E-state index in [1.165, 1.54) is 16.8 Å². The van der Waals surface area contributed by atoms with Gasteiger partial charge in [0.15, 0.2) is 11.5 Å². The van der Waals surface area contributed by atoms with Crippen molar-refractivity contribution < 1.29 is 22.7 Å². The van der Waals surface area contributed by atoms with E-state index in [4.69, 9.17) is 9.47 Å². The van der Waals surface area contributed by atoms with Crippen LogP contribution < -0.4 is 25.2 Å². The molecule has 2 N–H and O–H groups in total. The van der Waals surface area contributed by atoms with Gasteiger partial charge in [0, 0.05) is 51.5 Å². The minimum absolute atomic E-state index is 0.00249. The highest BCUT2D eigenvalue weighted by atomic mass is 32.2. The highest BCUT2D eigenvalue weighted by molar-refractivity contribution is 7.89. The lowest BCUT2D eigenvalue weighted by Gasteiger charge is -2.11. The lowest BCUT2D eigenvalue weighted by molar-refractivity contribution is -0.120. The van der Waals surface area contributed by atoms with Crippen molar-refractivity contribution in [2.24, 2.45) is 0 Å². The molecule has 2 aliphatic rings. The fraction of sp³-hybridized carbons (Fsp3) is 0.571. The summed E-state index contributed by atoms with van der Waals surface area (Å²) in [4.78, 5) is 24.4. The van der Waals surface area contributed by atoms with Crippen LogP contribution in [0.3, 0.4) is 0 Å². The first-order chi connectivity index (χ1) is 15.9. The Bertz CT molecular complexity index is 1160. The average Bonchev–Trinajstić information content (AvgIpc) is 2.97. The van der Waals surface area contributed by atoms with Crippen molar-refractivity contribution in [1.29, 1.82) is 0 Å². The van der Waals surface area contributed by atoms with Crippen molar-refractivity contribution in [2.45, 2.75) is 56.5 Å². The van der Waals surface area contributed by atoms with Crippen LogP contribution in [-0.4, -0.2) is 55.0 Å². The SMILES string of the molecule is O=C(CCNS(=O)(=O)c1ccc2c(c1)OCCCO2)NCCCn1nc2n(c1=O)CCCC2. The van der Waals surface area contributed by atoms with E-state index in [9.17, 15) is 18.0 Å². The number of rotatable bonds is 9. The summed E-state index contributed by atoms with van der Waals surface area (Å²) in [5, 5.41) is 7.11. The van der Waals surface area contributed by atoms with E-state index in [0.29, 0.717) is 50.8 Å². The molecule has 12 heteroatoms. The minimum atomic E-state index is -3.78. The van der Waals surface area contributed by atoms with Crippen LogP contribution in [0.5, 0.6) is 11.5 Å². The molecule has 0 fully saturated rings. The second kappa shape index (κ2) is 10.4. The molecule has 1 aromatic carbocycles.